The van der Waals surface area contributed by atoms with E-state index in [4.69, 9.17) is 0 Å². The highest BCUT2D eigenvalue weighted by Crippen LogP contribution is 2.17. The van der Waals surface area contributed by atoms with Gasteiger partial charge in [0.1, 0.15) is 0 Å². The highest BCUT2D eigenvalue weighted by Gasteiger charge is 2.21. The van der Waals surface area contributed by atoms with E-state index < -0.39 is 10.8 Å². The van der Waals surface area contributed by atoms with E-state index in [2.05, 4.69) is 5.32 Å². The lowest BCUT2D eigenvalue weighted by Gasteiger charge is -2.28. The summed E-state index contributed by atoms with van der Waals surface area (Å²) in [5.41, 5.74) is 0. The van der Waals surface area contributed by atoms with Crippen molar-refractivity contribution in [1.82, 2.24) is 5.32 Å². The molecule has 0 aliphatic heterocycles. The summed E-state index contributed by atoms with van der Waals surface area (Å²) in [5.74, 6) is 1.44. The summed E-state index contributed by atoms with van der Waals surface area (Å²) in [4.78, 5) is 0. The van der Waals surface area contributed by atoms with Gasteiger partial charge in [-0.2, -0.15) is 0 Å². The summed E-state index contributed by atoms with van der Waals surface area (Å²) in [6.45, 7) is 2.70. The molecule has 1 aliphatic carbocycles. The summed E-state index contributed by atoms with van der Waals surface area (Å²) in [6, 6.07) is 0.234. The number of nitrogens with one attached hydrogen (secondary N) is 1. The van der Waals surface area contributed by atoms with Gasteiger partial charge in [0.05, 0.1) is 6.10 Å². The number of rotatable bonds is 5. The smallest absolute Gasteiger partial charge is 0.0693 e. The Labute approximate surface area is 88.7 Å². The minimum absolute atomic E-state index is 0.196. The van der Waals surface area contributed by atoms with E-state index in [0.29, 0.717) is 5.75 Å². The summed E-state index contributed by atoms with van der Waals surface area (Å²) in [6.07, 6.45) is 4.11. The van der Waals surface area contributed by atoms with E-state index in [0.717, 1.165) is 31.6 Å². The van der Waals surface area contributed by atoms with Gasteiger partial charge in [-0.3, -0.25) is 4.21 Å². The molecule has 3 nitrogen and oxygen atoms in total. The van der Waals surface area contributed by atoms with Crippen molar-refractivity contribution in [2.24, 2.45) is 0 Å². The van der Waals surface area contributed by atoms with Crippen LogP contribution in [0.4, 0.5) is 0 Å². The molecule has 1 aliphatic rings. The molecule has 2 N–H and O–H groups in total. The van der Waals surface area contributed by atoms with E-state index in [1.165, 1.54) is 6.42 Å². The van der Waals surface area contributed by atoms with Crippen LogP contribution in [0.1, 0.15) is 32.6 Å². The molecule has 0 aromatic rings. The third kappa shape index (κ3) is 4.07. The fourth-order valence-corrected chi connectivity index (χ4v) is 2.49. The summed E-state index contributed by atoms with van der Waals surface area (Å²) in [5, 5.41) is 12.9. The third-order valence-electron chi connectivity index (χ3n) is 2.79. The van der Waals surface area contributed by atoms with Gasteiger partial charge in [-0.1, -0.05) is 19.8 Å². The lowest BCUT2D eigenvalue weighted by atomic mass is 9.93. The van der Waals surface area contributed by atoms with Crippen LogP contribution in [0.15, 0.2) is 0 Å². The van der Waals surface area contributed by atoms with Gasteiger partial charge < -0.3 is 10.4 Å². The zero-order chi connectivity index (χ0) is 10.4. The first kappa shape index (κ1) is 12.1. The first-order chi connectivity index (χ1) is 6.74. The average Bonchev–Trinajstić information content (AvgIpc) is 2.20. The first-order valence-corrected chi connectivity index (χ1v) is 6.99. The van der Waals surface area contributed by atoms with Crippen molar-refractivity contribution >= 4 is 10.8 Å². The minimum Gasteiger partial charge on any atom is -0.392 e. The maximum absolute atomic E-state index is 11.1. The highest BCUT2D eigenvalue weighted by molar-refractivity contribution is 7.84. The minimum atomic E-state index is -0.687. The molecule has 0 aromatic carbocycles. The van der Waals surface area contributed by atoms with E-state index in [-0.39, 0.29) is 12.1 Å². The molecule has 0 bridgehead atoms. The molecule has 84 valence electrons. The van der Waals surface area contributed by atoms with Crippen molar-refractivity contribution in [3.05, 3.63) is 0 Å². The second-order valence-electron chi connectivity index (χ2n) is 3.85. The van der Waals surface area contributed by atoms with Gasteiger partial charge in [-0.25, -0.2) is 0 Å². The fraction of sp³-hybridized carbons (Fsp3) is 1.00. The molecular weight excluding hydrogens is 198 g/mol. The molecule has 14 heavy (non-hydrogen) atoms. The maximum Gasteiger partial charge on any atom is 0.0693 e. The highest BCUT2D eigenvalue weighted by atomic mass is 32.2. The number of hydrogen-bond acceptors (Lipinski definition) is 3. The van der Waals surface area contributed by atoms with Crippen molar-refractivity contribution in [3.8, 4) is 0 Å². The number of aliphatic hydroxyl groups is 1. The Morgan fingerprint density at radius 3 is 2.79 bits per heavy atom. The van der Waals surface area contributed by atoms with E-state index >= 15 is 0 Å². The predicted octanol–water partition coefficient (Wildman–Crippen LogP) is 0.648. The second-order valence-corrected chi connectivity index (χ2v) is 5.71. The molecule has 0 heterocycles. The lowest BCUT2D eigenvalue weighted by molar-refractivity contribution is 0.0921. The van der Waals surface area contributed by atoms with Crippen LogP contribution >= 0.6 is 0 Å². The van der Waals surface area contributed by atoms with Crippen LogP contribution in [-0.4, -0.2) is 39.5 Å². The van der Waals surface area contributed by atoms with Gasteiger partial charge in [0, 0.05) is 34.9 Å². The predicted molar refractivity (Wildman–Crippen MR) is 59.8 cm³/mol. The molecule has 3 atom stereocenters. The molecule has 0 radical (unpaired) electrons. The Balaban J connectivity index is 2.13. The zero-order valence-electron chi connectivity index (χ0n) is 8.87. The maximum atomic E-state index is 11.1. The van der Waals surface area contributed by atoms with Crippen LogP contribution < -0.4 is 5.32 Å². The van der Waals surface area contributed by atoms with Crippen molar-refractivity contribution in [3.63, 3.8) is 0 Å². The largest absolute Gasteiger partial charge is 0.392 e. The van der Waals surface area contributed by atoms with Crippen molar-refractivity contribution < 1.29 is 9.32 Å². The summed E-state index contributed by atoms with van der Waals surface area (Å²) >= 11 is 0. The van der Waals surface area contributed by atoms with E-state index in [9.17, 15) is 9.32 Å². The van der Waals surface area contributed by atoms with Gasteiger partial charge in [0.25, 0.3) is 0 Å². The Kier molecular flexibility index (Phi) is 5.67. The number of hydrogen-bond donors (Lipinski definition) is 2. The first-order valence-electron chi connectivity index (χ1n) is 5.50. The van der Waals surface area contributed by atoms with Crippen molar-refractivity contribution in [2.45, 2.75) is 44.8 Å². The summed E-state index contributed by atoms with van der Waals surface area (Å²) < 4.78 is 11.1. The van der Waals surface area contributed by atoms with Crippen molar-refractivity contribution in [2.75, 3.05) is 18.1 Å². The molecular formula is C10H21NO2S. The fourth-order valence-electron chi connectivity index (χ4n) is 1.85. The van der Waals surface area contributed by atoms with Gasteiger partial charge in [-0.15, -0.1) is 0 Å². The third-order valence-corrected chi connectivity index (χ3v) is 4.09. The quantitative estimate of drug-likeness (QED) is 0.714. The van der Waals surface area contributed by atoms with Crippen molar-refractivity contribution in [1.29, 1.82) is 0 Å². The standard InChI is InChI=1S/C10H21NO2S/c1-2-14(13)8-7-11-9-5-3-4-6-10(9)12/h9-12H,2-8H2,1H3/t9-,10-,14?/m0/s1. The summed E-state index contributed by atoms with van der Waals surface area (Å²) in [7, 11) is -0.687. The molecule has 0 spiro atoms. The van der Waals surface area contributed by atoms with Gasteiger partial charge in [0.2, 0.25) is 0 Å². The lowest BCUT2D eigenvalue weighted by Crippen LogP contribution is -2.43. The van der Waals surface area contributed by atoms with Crippen LogP contribution in [0.25, 0.3) is 0 Å². The molecule has 1 fully saturated rings. The zero-order valence-corrected chi connectivity index (χ0v) is 9.68. The SMILES string of the molecule is CCS(=O)CCN[C@H]1CCCC[C@@H]1O. The van der Waals surface area contributed by atoms with Gasteiger partial charge in [-0.05, 0) is 12.8 Å². The Hall–Kier alpha value is 0.0700. The normalized spacial score (nSPS) is 30.1. The molecule has 1 unspecified atom stereocenters. The molecule has 1 rings (SSSR count). The van der Waals surface area contributed by atoms with Crippen LogP contribution in [0.2, 0.25) is 0 Å². The average molecular weight is 219 g/mol. The Morgan fingerprint density at radius 2 is 2.14 bits per heavy atom. The van der Waals surface area contributed by atoms with Crippen LogP contribution in [-0.2, 0) is 10.8 Å². The molecule has 0 saturated heterocycles. The van der Waals surface area contributed by atoms with Crippen LogP contribution in [0.5, 0.6) is 0 Å². The molecule has 0 aromatic heterocycles. The van der Waals surface area contributed by atoms with E-state index in [1.54, 1.807) is 0 Å². The monoisotopic (exact) mass is 219 g/mol. The van der Waals surface area contributed by atoms with Crippen LogP contribution in [0.3, 0.4) is 0 Å². The van der Waals surface area contributed by atoms with Gasteiger partial charge >= 0.3 is 0 Å². The topological polar surface area (TPSA) is 49.3 Å². The number of aliphatic hydroxyl groups excluding tert-OH is 1. The molecule has 1 saturated carbocycles. The van der Waals surface area contributed by atoms with Gasteiger partial charge in [0.15, 0.2) is 0 Å². The Morgan fingerprint density at radius 1 is 1.43 bits per heavy atom. The van der Waals surface area contributed by atoms with E-state index in [1.807, 2.05) is 6.92 Å². The Bertz CT molecular complexity index is 187. The van der Waals surface area contributed by atoms with Crippen LogP contribution in [0, 0.1) is 0 Å². The molecule has 4 heteroatoms. The second kappa shape index (κ2) is 6.53. The molecule has 0 amide bonds.